The van der Waals surface area contributed by atoms with Gasteiger partial charge in [0.1, 0.15) is 0 Å². The number of carbonyl (C=O) groups is 1. The van der Waals surface area contributed by atoms with Crippen LogP contribution >= 0.6 is 15.9 Å². The van der Waals surface area contributed by atoms with Crippen molar-refractivity contribution in [3.63, 3.8) is 0 Å². The number of nitro groups is 1. The lowest BCUT2D eigenvalue weighted by Crippen LogP contribution is -2.27. The first kappa shape index (κ1) is 14.0. The minimum absolute atomic E-state index is 0.0765. The summed E-state index contributed by atoms with van der Waals surface area (Å²) in [6.07, 6.45) is 4.76. The summed E-state index contributed by atoms with van der Waals surface area (Å²) in [7, 11) is 0. The summed E-state index contributed by atoms with van der Waals surface area (Å²) in [6, 6.07) is 4.19. The molecule has 1 amide bonds. The zero-order chi connectivity index (χ0) is 13.8. The van der Waals surface area contributed by atoms with Gasteiger partial charge < -0.3 is 5.32 Å². The Hall–Kier alpha value is -1.43. The highest BCUT2D eigenvalue weighted by Crippen LogP contribution is 2.29. The smallest absolute Gasteiger partial charge is 0.270 e. The van der Waals surface area contributed by atoms with E-state index in [1.807, 2.05) is 0 Å². The molecule has 19 heavy (non-hydrogen) atoms. The van der Waals surface area contributed by atoms with Gasteiger partial charge in [0.25, 0.3) is 11.6 Å². The van der Waals surface area contributed by atoms with Crippen LogP contribution in [-0.4, -0.2) is 17.4 Å². The molecule has 1 aromatic rings. The molecule has 102 valence electrons. The van der Waals surface area contributed by atoms with Gasteiger partial charge in [-0.15, -0.1) is 0 Å². The van der Waals surface area contributed by atoms with Gasteiger partial charge in [0.05, 0.1) is 10.5 Å². The fourth-order valence-electron chi connectivity index (χ4n) is 2.07. The number of amides is 1. The van der Waals surface area contributed by atoms with E-state index in [-0.39, 0.29) is 11.6 Å². The Morgan fingerprint density at radius 3 is 2.79 bits per heavy atom. The van der Waals surface area contributed by atoms with E-state index < -0.39 is 4.92 Å². The first-order chi connectivity index (χ1) is 9.08. The Morgan fingerprint density at radius 2 is 2.21 bits per heavy atom. The summed E-state index contributed by atoms with van der Waals surface area (Å²) in [6.45, 7) is 0.624. The van der Waals surface area contributed by atoms with E-state index in [9.17, 15) is 14.9 Å². The molecule has 2 rings (SSSR count). The number of nitrogens with zero attached hydrogens (tertiary/aromatic N) is 1. The quantitative estimate of drug-likeness (QED) is 0.666. The Morgan fingerprint density at radius 1 is 1.47 bits per heavy atom. The third kappa shape index (κ3) is 3.53. The van der Waals surface area contributed by atoms with Crippen LogP contribution in [0.4, 0.5) is 5.69 Å². The number of hydrogen-bond acceptors (Lipinski definition) is 3. The predicted molar refractivity (Wildman–Crippen MR) is 75.1 cm³/mol. The van der Waals surface area contributed by atoms with E-state index in [2.05, 4.69) is 21.2 Å². The Labute approximate surface area is 119 Å². The highest BCUT2D eigenvalue weighted by atomic mass is 79.9. The van der Waals surface area contributed by atoms with Gasteiger partial charge in [0, 0.05) is 23.2 Å². The molecule has 5 nitrogen and oxygen atoms in total. The highest BCUT2D eigenvalue weighted by Gasteiger charge is 2.18. The third-order valence-electron chi connectivity index (χ3n) is 3.47. The first-order valence-electron chi connectivity index (χ1n) is 6.30. The maximum atomic E-state index is 12.0. The second kappa shape index (κ2) is 6.14. The lowest BCUT2D eigenvalue weighted by atomic mass is 9.83. The van der Waals surface area contributed by atoms with Crippen LogP contribution in [0.3, 0.4) is 0 Å². The molecule has 6 heteroatoms. The van der Waals surface area contributed by atoms with E-state index in [1.54, 1.807) is 0 Å². The monoisotopic (exact) mass is 326 g/mol. The molecule has 0 spiro atoms. The van der Waals surface area contributed by atoms with Crippen molar-refractivity contribution in [3.05, 3.63) is 38.3 Å². The van der Waals surface area contributed by atoms with Gasteiger partial charge in [-0.25, -0.2) is 0 Å². The summed E-state index contributed by atoms with van der Waals surface area (Å²) >= 11 is 3.24. The normalized spacial score (nSPS) is 14.8. The van der Waals surface area contributed by atoms with Crippen LogP contribution in [0.25, 0.3) is 0 Å². The summed E-state index contributed by atoms with van der Waals surface area (Å²) in [5.74, 6) is 0.462. The van der Waals surface area contributed by atoms with E-state index >= 15 is 0 Å². The van der Waals surface area contributed by atoms with Gasteiger partial charge in [-0.3, -0.25) is 14.9 Å². The Bertz CT molecular complexity index is 501. The maximum Gasteiger partial charge on any atom is 0.270 e. The van der Waals surface area contributed by atoms with E-state index in [0.717, 1.165) is 12.3 Å². The van der Waals surface area contributed by atoms with Crippen LogP contribution in [0.5, 0.6) is 0 Å². The fourth-order valence-corrected chi connectivity index (χ4v) is 2.49. The Balaban J connectivity index is 1.96. The molecule has 1 aliphatic carbocycles. The number of benzene rings is 1. The molecular weight excluding hydrogens is 312 g/mol. The van der Waals surface area contributed by atoms with Crippen molar-refractivity contribution in [2.45, 2.75) is 25.7 Å². The van der Waals surface area contributed by atoms with Crippen LogP contribution in [0.15, 0.2) is 22.7 Å². The van der Waals surface area contributed by atoms with E-state index in [1.165, 1.54) is 37.5 Å². The maximum absolute atomic E-state index is 12.0. The molecule has 0 saturated heterocycles. The minimum atomic E-state index is -0.502. The van der Waals surface area contributed by atoms with E-state index in [0.29, 0.717) is 16.6 Å². The molecule has 0 atom stereocenters. The van der Waals surface area contributed by atoms with Crippen molar-refractivity contribution in [1.29, 1.82) is 0 Å². The third-order valence-corrected chi connectivity index (χ3v) is 4.16. The number of non-ortho nitro benzene ring substituents is 1. The van der Waals surface area contributed by atoms with Crippen LogP contribution < -0.4 is 5.32 Å². The van der Waals surface area contributed by atoms with Gasteiger partial charge in [0.15, 0.2) is 0 Å². The summed E-state index contributed by atoms with van der Waals surface area (Å²) in [5, 5.41) is 13.5. The number of carbonyl (C=O) groups excluding carboxylic acids is 1. The number of nitro benzene ring substituents is 1. The topological polar surface area (TPSA) is 72.2 Å². The lowest BCUT2D eigenvalue weighted by Gasteiger charge is -2.25. The molecule has 0 radical (unpaired) electrons. The fraction of sp³-hybridized carbons (Fsp3) is 0.462. The largest absolute Gasteiger partial charge is 0.352 e. The van der Waals surface area contributed by atoms with Gasteiger partial charge in [-0.2, -0.15) is 0 Å². The zero-order valence-corrected chi connectivity index (χ0v) is 12.0. The van der Waals surface area contributed by atoms with Crippen molar-refractivity contribution in [1.82, 2.24) is 5.32 Å². The standard InChI is InChI=1S/C13H15BrN2O3/c14-12-5-4-10(16(18)19)8-11(12)13(17)15-7-6-9-2-1-3-9/h4-5,8-9H,1-3,6-7H2,(H,15,17). The lowest BCUT2D eigenvalue weighted by molar-refractivity contribution is -0.384. The number of rotatable bonds is 5. The van der Waals surface area contributed by atoms with E-state index in [4.69, 9.17) is 0 Å². The number of hydrogen-bond donors (Lipinski definition) is 1. The van der Waals surface area contributed by atoms with Crippen molar-refractivity contribution in [2.75, 3.05) is 6.54 Å². The van der Waals surface area contributed by atoms with Crippen molar-refractivity contribution in [2.24, 2.45) is 5.92 Å². The van der Waals surface area contributed by atoms with Crippen LogP contribution in [-0.2, 0) is 0 Å². The summed E-state index contributed by atoms with van der Waals surface area (Å²) in [4.78, 5) is 22.2. The molecule has 0 bridgehead atoms. The average molecular weight is 327 g/mol. The van der Waals surface area contributed by atoms with Crippen LogP contribution in [0.2, 0.25) is 0 Å². The van der Waals surface area contributed by atoms with Crippen molar-refractivity contribution in [3.8, 4) is 0 Å². The summed E-state index contributed by atoms with van der Waals surface area (Å²) in [5.41, 5.74) is 0.232. The second-order valence-corrected chi connectivity index (χ2v) is 5.62. The SMILES string of the molecule is O=C(NCCC1CCC1)c1cc([N+](=O)[O-])ccc1Br. The molecule has 1 N–H and O–H groups in total. The molecule has 1 aliphatic rings. The minimum Gasteiger partial charge on any atom is -0.352 e. The average Bonchev–Trinajstić information content (AvgIpc) is 2.32. The van der Waals surface area contributed by atoms with Crippen molar-refractivity contribution < 1.29 is 9.72 Å². The number of halogens is 1. The van der Waals surface area contributed by atoms with Crippen LogP contribution in [0, 0.1) is 16.0 Å². The van der Waals surface area contributed by atoms with Gasteiger partial charge in [0.2, 0.25) is 0 Å². The molecule has 0 aliphatic heterocycles. The predicted octanol–water partition coefficient (Wildman–Crippen LogP) is 3.28. The van der Waals surface area contributed by atoms with Gasteiger partial charge >= 0.3 is 0 Å². The Kier molecular flexibility index (Phi) is 4.52. The van der Waals surface area contributed by atoms with Crippen molar-refractivity contribution >= 4 is 27.5 Å². The summed E-state index contributed by atoms with van der Waals surface area (Å²) < 4.78 is 0.569. The molecule has 1 aromatic carbocycles. The molecular formula is C13H15BrN2O3. The van der Waals surface area contributed by atoms with Crippen LogP contribution in [0.1, 0.15) is 36.0 Å². The molecule has 0 heterocycles. The first-order valence-corrected chi connectivity index (χ1v) is 7.09. The highest BCUT2D eigenvalue weighted by molar-refractivity contribution is 9.10. The van der Waals surface area contributed by atoms with Gasteiger partial charge in [-0.05, 0) is 34.3 Å². The van der Waals surface area contributed by atoms with Gasteiger partial charge in [-0.1, -0.05) is 19.3 Å². The number of nitrogens with one attached hydrogen (secondary N) is 1. The molecule has 0 aromatic heterocycles. The second-order valence-electron chi connectivity index (χ2n) is 4.76. The molecule has 0 unspecified atom stereocenters. The molecule has 1 saturated carbocycles. The molecule has 1 fully saturated rings. The zero-order valence-electron chi connectivity index (χ0n) is 10.4.